The van der Waals surface area contributed by atoms with Gasteiger partial charge >= 0.3 is 6.03 Å². The quantitative estimate of drug-likeness (QED) is 0.788. The van der Waals surface area contributed by atoms with Gasteiger partial charge in [-0.2, -0.15) is 0 Å². The van der Waals surface area contributed by atoms with E-state index in [-0.39, 0.29) is 10.9 Å². The third-order valence-corrected chi connectivity index (χ3v) is 3.70. The van der Waals surface area contributed by atoms with Gasteiger partial charge in [-0.25, -0.2) is 13.2 Å². The van der Waals surface area contributed by atoms with Crippen LogP contribution in [0.15, 0.2) is 29.2 Å². The van der Waals surface area contributed by atoms with E-state index in [1.165, 1.54) is 12.1 Å². The lowest BCUT2D eigenvalue weighted by Crippen LogP contribution is -2.29. The van der Waals surface area contributed by atoms with Crippen molar-refractivity contribution in [2.24, 2.45) is 0 Å². The predicted molar refractivity (Wildman–Crippen MR) is 76.1 cm³/mol. The van der Waals surface area contributed by atoms with E-state index < -0.39 is 9.84 Å². The molecule has 0 heterocycles. The molecule has 0 spiro atoms. The van der Waals surface area contributed by atoms with E-state index >= 15 is 0 Å². The van der Waals surface area contributed by atoms with Crippen molar-refractivity contribution in [3.63, 3.8) is 0 Å². The van der Waals surface area contributed by atoms with Crippen LogP contribution in [0.4, 0.5) is 10.5 Å². The molecule has 0 unspecified atom stereocenters. The number of hydrogen-bond acceptors (Lipinski definition) is 3. The topological polar surface area (TPSA) is 75.3 Å². The molecular weight excluding hydrogens is 264 g/mol. The number of sulfone groups is 1. The Labute approximate surface area is 114 Å². The molecule has 0 aliphatic heterocycles. The maximum Gasteiger partial charge on any atom is 0.319 e. The minimum Gasteiger partial charge on any atom is -0.338 e. The fourth-order valence-electron chi connectivity index (χ4n) is 1.56. The standard InChI is InChI=1S/C13H20N2O3S/c1-3-4-5-9-14-13(16)15-11-7-6-8-12(10-11)19(2,17)18/h6-8,10H,3-5,9H2,1-2H3,(H2,14,15,16). The second-order valence-corrected chi connectivity index (χ2v) is 6.40. The molecule has 1 aromatic rings. The molecule has 6 heteroatoms. The average molecular weight is 284 g/mol. The Hall–Kier alpha value is -1.56. The summed E-state index contributed by atoms with van der Waals surface area (Å²) >= 11 is 0. The van der Waals surface area contributed by atoms with Crippen LogP contribution in [0.5, 0.6) is 0 Å². The van der Waals surface area contributed by atoms with Crippen molar-refractivity contribution < 1.29 is 13.2 Å². The lowest BCUT2D eigenvalue weighted by Gasteiger charge is -2.08. The van der Waals surface area contributed by atoms with Crippen LogP contribution < -0.4 is 10.6 Å². The van der Waals surface area contributed by atoms with E-state index in [0.29, 0.717) is 12.2 Å². The summed E-state index contributed by atoms with van der Waals surface area (Å²) in [4.78, 5) is 11.8. The molecule has 0 aliphatic rings. The number of carbonyl (C=O) groups excluding carboxylic acids is 1. The Morgan fingerprint density at radius 1 is 1.26 bits per heavy atom. The van der Waals surface area contributed by atoms with E-state index in [1.54, 1.807) is 12.1 Å². The molecule has 0 saturated carbocycles. The van der Waals surface area contributed by atoms with Gasteiger partial charge in [0.2, 0.25) is 0 Å². The molecule has 19 heavy (non-hydrogen) atoms. The number of hydrogen-bond donors (Lipinski definition) is 2. The number of urea groups is 1. The SMILES string of the molecule is CCCCCNC(=O)Nc1cccc(S(C)(=O)=O)c1. The summed E-state index contributed by atoms with van der Waals surface area (Å²) in [6, 6.07) is 5.88. The second kappa shape index (κ2) is 7.13. The molecule has 1 rings (SSSR count). The maximum absolute atomic E-state index is 11.6. The molecule has 2 amide bonds. The Kier molecular flexibility index (Phi) is 5.82. The van der Waals surface area contributed by atoms with Crippen molar-refractivity contribution in [2.75, 3.05) is 18.1 Å². The van der Waals surface area contributed by atoms with Crippen molar-refractivity contribution in [3.05, 3.63) is 24.3 Å². The normalized spacial score (nSPS) is 11.1. The van der Waals surface area contributed by atoms with Crippen LogP contribution in [0.3, 0.4) is 0 Å². The molecule has 0 bridgehead atoms. The Morgan fingerprint density at radius 2 is 2.00 bits per heavy atom. The van der Waals surface area contributed by atoms with E-state index in [2.05, 4.69) is 17.6 Å². The molecule has 0 saturated heterocycles. The molecular formula is C13H20N2O3S. The van der Waals surface area contributed by atoms with Gasteiger partial charge in [0, 0.05) is 18.5 Å². The van der Waals surface area contributed by atoms with Crippen molar-refractivity contribution in [3.8, 4) is 0 Å². The third-order valence-electron chi connectivity index (χ3n) is 2.59. The van der Waals surface area contributed by atoms with Gasteiger partial charge in [-0.05, 0) is 24.6 Å². The number of amides is 2. The fourth-order valence-corrected chi connectivity index (χ4v) is 2.22. The Balaban J connectivity index is 2.55. The molecule has 1 aromatic carbocycles. The highest BCUT2D eigenvalue weighted by molar-refractivity contribution is 7.90. The smallest absolute Gasteiger partial charge is 0.319 e. The lowest BCUT2D eigenvalue weighted by atomic mass is 10.2. The van der Waals surface area contributed by atoms with Crippen molar-refractivity contribution >= 4 is 21.6 Å². The molecule has 0 fully saturated rings. The molecule has 0 atom stereocenters. The summed E-state index contributed by atoms with van der Waals surface area (Å²) in [5, 5.41) is 5.34. The number of nitrogens with one attached hydrogen (secondary N) is 2. The van der Waals surface area contributed by atoms with Gasteiger partial charge in [-0.15, -0.1) is 0 Å². The molecule has 106 valence electrons. The van der Waals surface area contributed by atoms with Crippen LogP contribution in [-0.4, -0.2) is 27.2 Å². The first-order valence-corrected chi connectivity index (χ1v) is 8.17. The summed E-state index contributed by atoms with van der Waals surface area (Å²) in [7, 11) is -3.26. The summed E-state index contributed by atoms with van der Waals surface area (Å²) in [5.41, 5.74) is 0.468. The Morgan fingerprint density at radius 3 is 2.63 bits per heavy atom. The number of rotatable bonds is 6. The van der Waals surface area contributed by atoms with E-state index in [4.69, 9.17) is 0 Å². The maximum atomic E-state index is 11.6. The third kappa shape index (κ3) is 5.74. The molecule has 0 aromatic heterocycles. The predicted octanol–water partition coefficient (Wildman–Crippen LogP) is 2.40. The lowest BCUT2D eigenvalue weighted by molar-refractivity contribution is 0.252. The van der Waals surface area contributed by atoms with Crippen LogP contribution in [0.2, 0.25) is 0 Å². The minimum atomic E-state index is -3.26. The van der Waals surface area contributed by atoms with Crippen molar-refractivity contribution in [1.82, 2.24) is 5.32 Å². The largest absolute Gasteiger partial charge is 0.338 e. The molecule has 5 nitrogen and oxygen atoms in total. The van der Waals surface area contributed by atoms with Crippen LogP contribution >= 0.6 is 0 Å². The zero-order chi connectivity index (χ0) is 14.3. The van der Waals surface area contributed by atoms with Gasteiger partial charge in [0.1, 0.15) is 0 Å². The number of benzene rings is 1. The van der Waals surface area contributed by atoms with E-state index in [1.807, 2.05) is 0 Å². The van der Waals surface area contributed by atoms with Gasteiger partial charge in [0.15, 0.2) is 9.84 Å². The number of unbranched alkanes of at least 4 members (excludes halogenated alkanes) is 2. The van der Waals surface area contributed by atoms with E-state index in [0.717, 1.165) is 25.5 Å². The molecule has 0 radical (unpaired) electrons. The van der Waals surface area contributed by atoms with Crippen molar-refractivity contribution in [2.45, 2.75) is 31.1 Å². The fraction of sp³-hybridized carbons (Fsp3) is 0.462. The second-order valence-electron chi connectivity index (χ2n) is 4.39. The minimum absolute atomic E-state index is 0.191. The first-order chi connectivity index (χ1) is 8.93. The highest BCUT2D eigenvalue weighted by atomic mass is 32.2. The number of carbonyl (C=O) groups is 1. The van der Waals surface area contributed by atoms with Gasteiger partial charge in [-0.3, -0.25) is 0 Å². The van der Waals surface area contributed by atoms with E-state index in [9.17, 15) is 13.2 Å². The highest BCUT2D eigenvalue weighted by Gasteiger charge is 2.08. The zero-order valence-corrected chi connectivity index (χ0v) is 12.1. The summed E-state index contributed by atoms with van der Waals surface area (Å²) < 4.78 is 22.8. The van der Waals surface area contributed by atoms with Gasteiger partial charge in [0.05, 0.1) is 4.90 Å². The monoisotopic (exact) mass is 284 g/mol. The van der Waals surface area contributed by atoms with Gasteiger partial charge in [0.25, 0.3) is 0 Å². The molecule has 0 aliphatic carbocycles. The summed E-state index contributed by atoms with van der Waals surface area (Å²) in [5.74, 6) is 0. The van der Waals surface area contributed by atoms with Crippen molar-refractivity contribution in [1.29, 1.82) is 0 Å². The van der Waals surface area contributed by atoms with Crippen LogP contribution in [0.25, 0.3) is 0 Å². The van der Waals surface area contributed by atoms with Gasteiger partial charge in [-0.1, -0.05) is 25.8 Å². The van der Waals surface area contributed by atoms with Crippen LogP contribution in [0, 0.1) is 0 Å². The average Bonchev–Trinajstić information content (AvgIpc) is 2.34. The molecule has 2 N–H and O–H groups in total. The first kappa shape index (κ1) is 15.5. The van der Waals surface area contributed by atoms with Crippen LogP contribution in [0.1, 0.15) is 26.2 Å². The van der Waals surface area contributed by atoms with Crippen LogP contribution in [-0.2, 0) is 9.84 Å². The first-order valence-electron chi connectivity index (χ1n) is 6.28. The highest BCUT2D eigenvalue weighted by Crippen LogP contribution is 2.14. The van der Waals surface area contributed by atoms with Gasteiger partial charge < -0.3 is 10.6 Å². The number of anilines is 1. The Bertz CT molecular complexity index is 526. The zero-order valence-electron chi connectivity index (χ0n) is 11.3. The summed E-state index contributed by atoms with van der Waals surface area (Å²) in [6.45, 7) is 2.71. The summed E-state index contributed by atoms with van der Waals surface area (Å²) in [6.07, 6.45) is 4.24.